The Balaban J connectivity index is 1.85. The van der Waals surface area contributed by atoms with Crippen molar-refractivity contribution in [2.75, 3.05) is 32.7 Å². The second-order valence-electron chi connectivity index (χ2n) is 6.70. The van der Waals surface area contributed by atoms with Crippen molar-refractivity contribution in [1.29, 1.82) is 0 Å². The largest absolute Gasteiger partial charge is 0.339 e. The molecule has 1 saturated heterocycles. The summed E-state index contributed by atoms with van der Waals surface area (Å²) < 4.78 is 0. The van der Waals surface area contributed by atoms with Crippen molar-refractivity contribution in [3.63, 3.8) is 0 Å². The Morgan fingerprint density at radius 3 is 2.21 bits per heavy atom. The second kappa shape index (κ2) is 6.23. The van der Waals surface area contributed by atoms with Gasteiger partial charge in [-0.2, -0.15) is 0 Å². The zero-order valence-corrected chi connectivity index (χ0v) is 12.5. The van der Waals surface area contributed by atoms with Gasteiger partial charge in [-0.1, -0.05) is 33.1 Å². The van der Waals surface area contributed by atoms with E-state index in [0.717, 1.165) is 58.4 Å². The Morgan fingerprint density at radius 1 is 1.11 bits per heavy atom. The van der Waals surface area contributed by atoms with Gasteiger partial charge in [-0.25, -0.2) is 0 Å². The van der Waals surface area contributed by atoms with Crippen molar-refractivity contribution in [3.8, 4) is 0 Å². The van der Waals surface area contributed by atoms with E-state index < -0.39 is 5.54 Å². The molecule has 1 amide bonds. The number of piperazine rings is 1. The average molecular weight is 267 g/mol. The molecule has 0 aromatic heterocycles. The summed E-state index contributed by atoms with van der Waals surface area (Å²) in [7, 11) is 0. The van der Waals surface area contributed by atoms with Gasteiger partial charge in [0.1, 0.15) is 0 Å². The standard InChI is InChI=1S/C15H29N3O/c1-13(2)12-17-8-10-18(11-9-17)14(19)15(16)6-4-3-5-7-15/h13H,3-12,16H2,1-2H3. The fraction of sp³-hybridized carbons (Fsp3) is 0.933. The van der Waals surface area contributed by atoms with Gasteiger partial charge in [-0.15, -0.1) is 0 Å². The molecule has 0 bridgehead atoms. The molecule has 2 aliphatic rings. The van der Waals surface area contributed by atoms with Crippen LogP contribution in [0.25, 0.3) is 0 Å². The number of carbonyl (C=O) groups is 1. The molecule has 4 heteroatoms. The second-order valence-corrected chi connectivity index (χ2v) is 6.70. The van der Waals surface area contributed by atoms with Crippen LogP contribution in [-0.2, 0) is 4.79 Å². The first kappa shape index (κ1) is 14.8. The lowest BCUT2D eigenvalue weighted by Gasteiger charge is -2.41. The summed E-state index contributed by atoms with van der Waals surface area (Å²) in [4.78, 5) is 17.0. The molecule has 2 fully saturated rings. The zero-order valence-electron chi connectivity index (χ0n) is 12.5. The van der Waals surface area contributed by atoms with Gasteiger partial charge in [0, 0.05) is 32.7 Å². The number of amides is 1. The predicted molar refractivity (Wildman–Crippen MR) is 77.9 cm³/mol. The molecular weight excluding hydrogens is 238 g/mol. The molecule has 110 valence electrons. The van der Waals surface area contributed by atoms with Gasteiger partial charge in [0.25, 0.3) is 0 Å². The molecule has 0 radical (unpaired) electrons. The van der Waals surface area contributed by atoms with Gasteiger partial charge in [0.15, 0.2) is 0 Å². The average Bonchev–Trinajstić information content (AvgIpc) is 2.39. The number of carbonyl (C=O) groups excluding carboxylic acids is 1. The van der Waals surface area contributed by atoms with E-state index in [9.17, 15) is 4.79 Å². The minimum atomic E-state index is -0.557. The minimum absolute atomic E-state index is 0.205. The fourth-order valence-electron chi connectivity index (χ4n) is 3.36. The Labute approximate surface area is 117 Å². The minimum Gasteiger partial charge on any atom is -0.339 e. The molecule has 19 heavy (non-hydrogen) atoms. The molecule has 0 aromatic rings. The molecule has 0 unspecified atom stereocenters. The highest BCUT2D eigenvalue weighted by Crippen LogP contribution is 2.28. The van der Waals surface area contributed by atoms with Crippen LogP contribution in [0.5, 0.6) is 0 Å². The fourth-order valence-corrected chi connectivity index (χ4v) is 3.36. The van der Waals surface area contributed by atoms with E-state index in [-0.39, 0.29) is 5.91 Å². The van der Waals surface area contributed by atoms with Gasteiger partial charge in [0.2, 0.25) is 5.91 Å². The predicted octanol–water partition coefficient (Wildman–Crippen LogP) is 1.45. The Bertz CT molecular complexity index is 303. The first-order valence-electron chi connectivity index (χ1n) is 7.82. The lowest BCUT2D eigenvalue weighted by molar-refractivity contribution is -0.140. The van der Waals surface area contributed by atoms with Gasteiger partial charge in [-0.3, -0.25) is 9.69 Å². The van der Waals surface area contributed by atoms with E-state index in [1.165, 1.54) is 6.42 Å². The van der Waals surface area contributed by atoms with Gasteiger partial charge >= 0.3 is 0 Å². The number of nitrogens with two attached hydrogens (primary N) is 1. The summed E-state index contributed by atoms with van der Waals surface area (Å²) in [6.07, 6.45) is 5.19. The molecule has 1 heterocycles. The van der Waals surface area contributed by atoms with Crippen LogP contribution in [0.3, 0.4) is 0 Å². The summed E-state index contributed by atoms with van der Waals surface area (Å²) in [6, 6.07) is 0. The zero-order chi connectivity index (χ0) is 13.9. The van der Waals surface area contributed by atoms with E-state index in [2.05, 4.69) is 18.7 Å². The SMILES string of the molecule is CC(C)CN1CCN(C(=O)C2(N)CCCCC2)CC1. The number of nitrogens with zero attached hydrogens (tertiary/aromatic N) is 2. The van der Waals surface area contributed by atoms with Crippen LogP contribution in [0.1, 0.15) is 46.0 Å². The Hall–Kier alpha value is -0.610. The highest BCUT2D eigenvalue weighted by molar-refractivity contribution is 5.86. The molecule has 0 aromatic carbocycles. The molecule has 2 N–H and O–H groups in total. The van der Waals surface area contributed by atoms with Crippen LogP contribution in [0.15, 0.2) is 0 Å². The Morgan fingerprint density at radius 2 is 1.68 bits per heavy atom. The van der Waals surface area contributed by atoms with Crippen molar-refractivity contribution in [2.24, 2.45) is 11.7 Å². The first-order valence-corrected chi connectivity index (χ1v) is 7.82. The van der Waals surface area contributed by atoms with E-state index in [1.54, 1.807) is 0 Å². The van der Waals surface area contributed by atoms with Gasteiger partial charge in [-0.05, 0) is 18.8 Å². The summed E-state index contributed by atoms with van der Waals surface area (Å²) in [5.41, 5.74) is 5.79. The van der Waals surface area contributed by atoms with Crippen LogP contribution in [0.2, 0.25) is 0 Å². The van der Waals surface area contributed by atoms with Crippen molar-refractivity contribution in [3.05, 3.63) is 0 Å². The molecule has 1 aliphatic carbocycles. The topological polar surface area (TPSA) is 49.6 Å². The van der Waals surface area contributed by atoms with Crippen molar-refractivity contribution >= 4 is 5.91 Å². The third-order valence-corrected chi connectivity index (χ3v) is 4.45. The van der Waals surface area contributed by atoms with Crippen LogP contribution in [0.4, 0.5) is 0 Å². The molecule has 2 rings (SSSR count). The maximum Gasteiger partial charge on any atom is 0.242 e. The summed E-state index contributed by atoms with van der Waals surface area (Å²) in [5, 5.41) is 0. The maximum absolute atomic E-state index is 12.6. The molecular formula is C15H29N3O. The lowest BCUT2D eigenvalue weighted by atomic mass is 9.81. The van der Waals surface area contributed by atoms with Crippen LogP contribution in [0, 0.1) is 5.92 Å². The maximum atomic E-state index is 12.6. The van der Waals surface area contributed by atoms with Crippen LogP contribution < -0.4 is 5.73 Å². The van der Waals surface area contributed by atoms with E-state index in [0.29, 0.717) is 5.92 Å². The third-order valence-electron chi connectivity index (χ3n) is 4.45. The highest BCUT2D eigenvalue weighted by atomic mass is 16.2. The molecule has 0 atom stereocenters. The quantitative estimate of drug-likeness (QED) is 0.842. The number of hydrogen-bond acceptors (Lipinski definition) is 3. The third kappa shape index (κ3) is 3.69. The first-order chi connectivity index (χ1) is 9.01. The monoisotopic (exact) mass is 267 g/mol. The molecule has 4 nitrogen and oxygen atoms in total. The summed E-state index contributed by atoms with van der Waals surface area (Å²) >= 11 is 0. The molecule has 1 aliphatic heterocycles. The van der Waals surface area contributed by atoms with Crippen LogP contribution in [-0.4, -0.2) is 54.0 Å². The number of hydrogen-bond donors (Lipinski definition) is 1. The van der Waals surface area contributed by atoms with Crippen LogP contribution >= 0.6 is 0 Å². The van der Waals surface area contributed by atoms with Crippen molar-refractivity contribution in [2.45, 2.75) is 51.5 Å². The summed E-state index contributed by atoms with van der Waals surface area (Å²) in [5.74, 6) is 0.901. The van der Waals surface area contributed by atoms with E-state index in [1.807, 2.05) is 4.90 Å². The number of rotatable bonds is 3. The molecule has 1 saturated carbocycles. The van der Waals surface area contributed by atoms with E-state index >= 15 is 0 Å². The van der Waals surface area contributed by atoms with E-state index in [4.69, 9.17) is 5.73 Å². The van der Waals surface area contributed by atoms with Crippen molar-refractivity contribution in [1.82, 2.24) is 9.80 Å². The normalized spacial score (nSPS) is 24.7. The molecule has 0 spiro atoms. The Kier molecular flexibility index (Phi) is 4.85. The lowest BCUT2D eigenvalue weighted by Crippen LogP contribution is -2.60. The highest BCUT2D eigenvalue weighted by Gasteiger charge is 2.39. The van der Waals surface area contributed by atoms with Gasteiger partial charge in [0.05, 0.1) is 5.54 Å². The van der Waals surface area contributed by atoms with Crippen molar-refractivity contribution < 1.29 is 4.79 Å². The smallest absolute Gasteiger partial charge is 0.242 e. The summed E-state index contributed by atoms with van der Waals surface area (Å²) in [6.45, 7) is 9.33. The van der Waals surface area contributed by atoms with Gasteiger partial charge < -0.3 is 10.6 Å².